The Morgan fingerprint density at radius 1 is 0.962 bits per heavy atom. The summed E-state index contributed by atoms with van der Waals surface area (Å²) in [5.74, 6) is -0.0512. The van der Waals surface area contributed by atoms with E-state index in [1.165, 1.54) is 24.3 Å². The molecule has 6 nitrogen and oxygen atoms in total. The number of carbonyl (C=O) groups is 2. The summed E-state index contributed by atoms with van der Waals surface area (Å²) in [6.45, 7) is 4.73. The number of ether oxygens (including phenoxy) is 4. The molecule has 138 valence electrons. The number of benzene rings is 2. The Labute approximate surface area is 152 Å². The van der Waals surface area contributed by atoms with Crippen molar-refractivity contribution in [2.75, 3.05) is 26.4 Å². The third kappa shape index (κ3) is 6.57. The summed E-state index contributed by atoms with van der Waals surface area (Å²) in [6.07, 6.45) is 0. The van der Waals surface area contributed by atoms with Gasteiger partial charge in [0.2, 0.25) is 0 Å². The third-order valence-corrected chi connectivity index (χ3v) is 3.33. The van der Waals surface area contributed by atoms with Crippen LogP contribution >= 0.6 is 0 Å². The summed E-state index contributed by atoms with van der Waals surface area (Å²) in [6, 6.07) is 13.5. The smallest absolute Gasteiger partial charge is 0.349 e. The van der Waals surface area contributed by atoms with Gasteiger partial charge in [-0.1, -0.05) is 12.1 Å². The lowest BCUT2D eigenvalue weighted by Crippen LogP contribution is -2.17. The van der Waals surface area contributed by atoms with Crippen molar-refractivity contribution in [3.63, 3.8) is 0 Å². The van der Waals surface area contributed by atoms with Crippen molar-refractivity contribution in [1.29, 1.82) is 0 Å². The molecule has 0 heterocycles. The molecule has 0 saturated carbocycles. The van der Waals surface area contributed by atoms with E-state index in [2.05, 4.69) is 0 Å². The molecule has 6 heteroatoms. The Bertz CT molecular complexity index is 723. The summed E-state index contributed by atoms with van der Waals surface area (Å²) in [7, 11) is 0. The number of carbonyl (C=O) groups excluding carboxylic acids is 2. The quantitative estimate of drug-likeness (QED) is 0.389. The number of aryl methyl sites for hydroxylation is 1. The Kier molecular flexibility index (Phi) is 7.64. The molecule has 0 spiro atoms. The number of esters is 2. The highest BCUT2D eigenvalue weighted by molar-refractivity contribution is 5.89. The van der Waals surface area contributed by atoms with Crippen LogP contribution < -0.4 is 9.47 Å². The molecular formula is C20H22O6. The van der Waals surface area contributed by atoms with Crippen molar-refractivity contribution in [2.24, 2.45) is 0 Å². The SMILES string of the molecule is CCOCCOC(=O)c1ccc(OC(=O)COc2cccc(C)c2)cc1. The van der Waals surface area contributed by atoms with E-state index in [4.69, 9.17) is 18.9 Å². The summed E-state index contributed by atoms with van der Waals surface area (Å²) in [4.78, 5) is 23.7. The first-order valence-electron chi connectivity index (χ1n) is 8.33. The van der Waals surface area contributed by atoms with Crippen LogP contribution in [0.4, 0.5) is 0 Å². The molecular weight excluding hydrogens is 336 g/mol. The predicted molar refractivity (Wildman–Crippen MR) is 95.5 cm³/mol. The van der Waals surface area contributed by atoms with Gasteiger partial charge >= 0.3 is 11.9 Å². The number of rotatable bonds is 9. The van der Waals surface area contributed by atoms with Gasteiger partial charge in [0.05, 0.1) is 12.2 Å². The molecule has 0 aliphatic heterocycles. The first kappa shape index (κ1) is 19.5. The van der Waals surface area contributed by atoms with Crippen molar-refractivity contribution in [3.05, 3.63) is 59.7 Å². The summed E-state index contributed by atoms with van der Waals surface area (Å²) >= 11 is 0. The van der Waals surface area contributed by atoms with Crippen molar-refractivity contribution in [1.82, 2.24) is 0 Å². The minimum absolute atomic E-state index is 0.194. The molecule has 0 radical (unpaired) electrons. The van der Waals surface area contributed by atoms with Crippen LogP contribution in [0.15, 0.2) is 48.5 Å². The van der Waals surface area contributed by atoms with Crippen LogP contribution in [0.2, 0.25) is 0 Å². The van der Waals surface area contributed by atoms with Crippen LogP contribution in [0.25, 0.3) is 0 Å². The highest BCUT2D eigenvalue weighted by Gasteiger charge is 2.10. The fraction of sp³-hybridized carbons (Fsp3) is 0.300. The van der Waals surface area contributed by atoms with E-state index in [1.54, 1.807) is 6.07 Å². The summed E-state index contributed by atoms with van der Waals surface area (Å²) in [5, 5.41) is 0. The van der Waals surface area contributed by atoms with E-state index in [1.807, 2.05) is 32.0 Å². The molecule has 0 atom stereocenters. The van der Waals surface area contributed by atoms with Gasteiger partial charge in [0.1, 0.15) is 18.1 Å². The Morgan fingerprint density at radius 3 is 2.42 bits per heavy atom. The zero-order chi connectivity index (χ0) is 18.8. The van der Waals surface area contributed by atoms with E-state index in [0.717, 1.165) is 5.56 Å². The fourth-order valence-electron chi connectivity index (χ4n) is 2.09. The summed E-state index contributed by atoms with van der Waals surface area (Å²) < 4.78 is 20.7. The van der Waals surface area contributed by atoms with Gasteiger partial charge in [0.25, 0.3) is 0 Å². The highest BCUT2D eigenvalue weighted by atomic mass is 16.6. The fourth-order valence-corrected chi connectivity index (χ4v) is 2.09. The predicted octanol–water partition coefficient (Wildman–Crippen LogP) is 3.17. The molecule has 0 unspecified atom stereocenters. The van der Waals surface area contributed by atoms with Gasteiger partial charge in [0.15, 0.2) is 6.61 Å². The maximum absolute atomic E-state index is 11.8. The van der Waals surface area contributed by atoms with Gasteiger partial charge in [-0.15, -0.1) is 0 Å². The standard InChI is InChI=1S/C20H22O6/c1-3-23-11-12-24-20(22)16-7-9-17(10-8-16)26-19(21)14-25-18-6-4-5-15(2)13-18/h4-10,13H,3,11-12,14H2,1-2H3. The Morgan fingerprint density at radius 2 is 1.73 bits per heavy atom. The molecule has 0 N–H and O–H groups in total. The number of hydrogen-bond donors (Lipinski definition) is 0. The van der Waals surface area contributed by atoms with Crippen LogP contribution in [-0.2, 0) is 14.3 Å². The minimum atomic E-state index is -0.529. The maximum Gasteiger partial charge on any atom is 0.349 e. The van der Waals surface area contributed by atoms with Crippen LogP contribution in [0.3, 0.4) is 0 Å². The average Bonchev–Trinajstić information content (AvgIpc) is 2.64. The lowest BCUT2D eigenvalue weighted by Gasteiger charge is -2.08. The summed E-state index contributed by atoms with van der Waals surface area (Å²) in [5.41, 5.74) is 1.41. The van der Waals surface area contributed by atoms with Crippen molar-refractivity contribution < 1.29 is 28.5 Å². The first-order chi connectivity index (χ1) is 12.6. The van der Waals surface area contributed by atoms with Gasteiger partial charge < -0.3 is 18.9 Å². The van der Waals surface area contributed by atoms with Gasteiger partial charge in [0, 0.05) is 6.61 Å². The molecule has 0 bridgehead atoms. The van der Waals surface area contributed by atoms with Crippen LogP contribution in [0.5, 0.6) is 11.5 Å². The van der Waals surface area contributed by atoms with Crippen molar-refractivity contribution in [3.8, 4) is 11.5 Å². The van der Waals surface area contributed by atoms with Crippen molar-refractivity contribution in [2.45, 2.75) is 13.8 Å². The van der Waals surface area contributed by atoms with E-state index in [0.29, 0.717) is 30.3 Å². The van der Waals surface area contributed by atoms with Gasteiger partial charge in [-0.3, -0.25) is 0 Å². The molecule has 2 rings (SSSR count). The monoisotopic (exact) mass is 358 g/mol. The largest absolute Gasteiger partial charge is 0.482 e. The van der Waals surface area contributed by atoms with Crippen LogP contribution in [-0.4, -0.2) is 38.4 Å². The molecule has 0 amide bonds. The van der Waals surface area contributed by atoms with E-state index < -0.39 is 11.9 Å². The lowest BCUT2D eigenvalue weighted by atomic mass is 10.2. The molecule has 2 aromatic carbocycles. The zero-order valence-corrected chi connectivity index (χ0v) is 14.9. The second-order valence-corrected chi connectivity index (χ2v) is 5.44. The molecule has 0 saturated heterocycles. The van der Waals surface area contributed by atoms with Gasteiger partial charge in [-0.05, 0) is 55.8 Å². The van der Waals surface area contributed by atoms with E-state index in [9.17, 15) is 9.59 Å². The third-order valence-electron chi connectivity index (χ3n) is 3.33. The highest BCUT2D eigenvalue weighted by Crippen LogP contribution is 2.15. The molecule has 0 aliphatic carbocycles. The zero-order valence-electron chi connectivity index (χ0n) is 14.9. The molecule has 0 aliphatic rings. The van der Waals surface area contributed by atoms with E-state index >= 15 is 0 Å². The van der Waals surface area contributed by atoms with Crippen molar-refractivity contribution >= 4 is 11.9 Å². The molecule has 26 heavy (non-hydrogen) atoms. The second-order valence-electron chi connectivity index (χ2n) is 5.44. The first-order valence-corrected chi connectivity index (χ1v) is 8.33. The van der Waals surface area contributed by atoms with Gasteiger partial charge in [-0.2, -0.15) is 0 Å². The Balaban J connectivity index is 1.78. The van der Waals surface area contributed by atoms with E-state index in [-0.39, 0.29) is 13.2 Å². The maximum atomic E-state index is 11.8. The normalized spacial score (nSPS) is 10.2. The Hall–Kier alpha value is -2.86. The number of hydrogen-bond acceptors (Lipinski definition) is 6. The second kappa shape index (κ2) is 10.2. The topological polar surface area (TPSA) is 71.1 Å². The van der Waals surface area contributed by atoms with Gasteiger partial charge in [-0.25, -0.2) is 9.59 Å². The van der Waals surface area contributed by atoms with Crippen LogP contribution in [0.1, 0.15) is 22.8 Å². The molecule has 0 fully saturated rings. The lowest BCUT2D eigenvalue weighted by molar-refractivity contribution is -0.136. The average molecular weight is 358 g/mol. The minimum Gasteiger partial charge on any atom is -0.482 e. The molecule has 0 aromatic heterocycles. The van der Waals surface area contributed by atoms with Crippen LogP contribution in [0, 0.1) is 6.92 Å². The molecule has 2 aromatic rings.